The highest BCUT2D eigenvalue weighted by molar-refractivity contribution is 7.81. The molecule has 0 amide bonds. The number of rotatable bonds is 9. The molecule has 0 aromatic carbocycles. The number of ether oxygens (including phenoxy) is 2. The maximum Gasteiger partial charge on any atom is 0.397 e. The summed E-state index contributed by atoms with van der Waals surface area (Å²) in [6.45, 7) is -1.80. The van der Waals surface area contributed by atoms with Crippen LogP contribution in [0.25, 0.3) is 0 Å². The van der Waals surface area contributed by atoms with E-state index in [1.54, 1.807) is 0 Å². The Balaban J connectivity index is 2.00. The summed E-state index contributed by atoms with van der Waals surface area (Å²) in [4.78, 5) is 0. The average Bonchev–Trinajstić information content (AvgIpc) is 3.02. The van der Waals surface area contributed by atoms with Crippen molar-refractivity contribution in [1.29, 1.82) is 0 Å². The molecule has 1 fully saturated rings. The molecule has 5 atom stereocenters. The second-order valence-electron chi connectivity index (χ2n) is 5.65. The Morgan fingerprint density at radius 3 is 2.00 bits per heavy atom. The van der Waals surface area contributed by atoms with Crippen LogP contribution >= 0.6 is 0 Å². The van der Waals surface area contributed by atoms with Crippen molar-refractivity contribution in [3.8, 4) is 0 Å². The van der Waals surface area contributed by atoms with E-state index in [9.17, 15) is 32.2 Å². The summed E-state index contributed by atoms with van der Waals surface area (Å²) in [5, 5.41) is 29.6. The molecule has 1 aromatic rings. The molecular formula is C12H18O14S2. The Morgan fingerprint density at radius 1 is 0.857 bits per heavy atom. The molecule has 2 rings (SSSR count). The first-order valence-electron chi connectivity index (χ1n) is 7.46. The van der Waals surface area contributed by atoms with E-state index < -0.39 is 64.7 Å². The van der Waals surface area contributed by atoms with Crippen molar-refractivity contribution in [3.63, 3.8) is 0 Å². The van der Waals surface area contributed by atoms with Crippen molar-refractivity contribution in [1.82, 2.24) is 0 Å². The van der Waals surface area contributed by atoms with E-state index >= 15 is 0 Å². The zero-order valence-electron chi connectivity index (χ0n) is 13.9. The fourth-order valence-corrected chi connectivity index (χ4v) is 2.84. The molecule has 14 nitrogen and oxygen atoms in total. The molecule has 0 saturated carbocycles. The van der Waals surface area contributed by atoms with Gasteiger partial charge in [-0.25, -0.2) is 8.37 Å². The summed E-state index contributed by atoms with van der Waals surface area (Å²) in [6.07, 6.45) is -6.03. The van der Waals surface area contributed by atoms with Crippen molar-refractivity contribution in [2.45, 2.75) is 43.9 Å². The summed E-state index contributed by atoms with van der Waals surface area (Å²) < 4.78 is 83.2. The standard InChI is InChI=1S/C12H18O14S2/c13-9-8(5-25-28(19,20)21)26-12(11(15)10(9)14)23-3-6-1-22-2-7(6)4-24-27(16,17)18/h1-2,8-15H,3-5H2,(H,16,17,18)(H,19,20,21)/t8-,9+,10+,11-,12-/m1/s1. The van der Waals surface area contributed by atoms with Gasteiger partial charge in [0.2, 0.25) is 0 Å². The third-order valence-electron chi connectivity index (χ3n) is 3.65. The summed E-state index contributed by atoms with van der Waals surface area (Å²) in [5.74, 6) is 0. The van der Waals surface area contributed by atoms with E-state index in [1.807, 2.05) is 0 Å². The van der Waals surface area contributed by atoms with Gasteiger partial charge in [0, 0.05) is 11.1 Å². The molecule has 1 saturated heterocycles. The van der Waals surface area contributed by atoms with Crippen LogP contribution in [-0.4, -0.2) is 78.6 Å². The minimum Gasteiger partial charge on any atom is -0.472 e. The van der Waals surface area contributed by atoms with E-state index in [-0.39, 0.29) is 17.7 Å². The molecule has 28 heavy (non-hydrogen) atoms. The summed E-state index contributed by atoms with van der Waals surface area (Å²) in [6, 6.07) is 0. The molecule has 0 bridgehead atoms. The van der Waals surface area contributed by atoms with Gasteiger partial charge in [0.05, 0.1) is 32.3 Å². The third-order valence-corrected chi connectivity index (χ3v) is 4.50. The first-order valence-corrected chi connectivity index (χ1v) is 10.2. The molecule has 16 heteroatoms. The van der Waals surface area contributed by atoms with Crippen LogP contribution in [0.1, 0.15) is 11.1 Å². The van der Waals surface area contributed by atoms with E-state index in [1.165, 1.54) is 0 Å². The number of aliphatic hydroxyl groups excluding tert-OH is 3. The predicted octanol–water partition coefficient (Wildman–Crippen LogP) is -2.26. The molecule has 0 unspecified atom stereocenters. The molecule has 0 spiro atoms. The molecule has 5 N–H and O–H groups in total. The Morgan fingerprint density at radius 2 is 1.43 bits per heavy atom. The van der Waals surface area contributed by atoms with Gasteiger partial charge in [-0.3, -0.25) is 9.11 Å². The minimum atomic E-state index is -4.84. The highest BCUT2D eigenvalue weighted by Crippen LogP contribution is 2.24. The number of hydrogen-bond donors (Lipinski definition) is 5. The molecular weight excluding hydrogens is 432 g/mol. The number of aliphatic hydroxyl groups is 3. The maximum absolute atomic E-state index is 10.6. The minimum absolute atomic E-state index is 0.176. The molecule has 1 aliphatic heterocycles. The SMILES string of the molecule is O=S(=O)(O)OCc1cocc1CO[C@@H]1O[C@H](COS(=O)(=O)O)[C@H](O)[C@H](O)[C@H]1O. The first-order chi connectivity index (χ1) is 12.9. The van der Waals surface area contributed by atoms with E-state index in [4.69, 9.17) is 23.0 Å². The second-order valence-corrected chi connectivity index (χ2v) is 7.83. The smallest absolute Gasteiger partial charge is 0.397 e. The highest BCUT2D eigenvalue weighted by atomic mass is 32.3. The lowest BCUT2D eigenvalue weighted by molar-refractivity contribution is -0.303. The van der Waals surface area contributed by atoms with Gasteiger partial charge in [0.1, 0.15) is 24.4 Å². The summed E-state index contributed by atoms with van der Waals surface area (Å²) in [7, 11) is -9.53. The van der Waals surface area contributed by atoms with Crippen LogP contribution < -0.4 is 0 Å². The van der Waals surface area contributed by atoms with Crippen LogP contribution in [0.4, 0.5) is 0 Å². The van der Waals surface area contributed by atoms with E-state index in [0.717, 1.165) is 12.5 Å². The van der Waals surface area contributed by atoms with Crippen LogP contribution in [0, 0.1) is 0 Å². The topological polar surface area (TPSA) is 219 Å². The monoisotopic (exact) mass is 450 g/mol. The van der Waals surface area contributed by atoms with Crippen molar-refractivity contribution in [3.05, 3.63) is 23.7 Å². The predicted molar refractivity (Wildman–Crippen MR) is 84.0 cm³/mol. The van der Waals surface area contributed by atoms with E-state index in [2.05, 4.69) is 8.37 Å². The Kier molecular flexibility index (Phi) is 7.50. The van der Waals surface area contributed by atoms with Gasteiger partial charge in [-0.05, 0) is 0 Å². The summed E-state index contributed by atoms with van der Waals surface area (Å²) in [5.41, 5.74) is 0.417. The third kappa shape index (κ3) is 6.71. The Bertz CT molecular complexity index is 845. The molecule has 162 valence electrons. The lowest BCUT2D eigenvalue weighted by atomic mass is 9.99. The van der Waals surface area contributed by atoms with Gasteiger partial charge in [-0.15, -0.1) is 0 Å². The quantitative estimate of drug-likeness (QED) is 0.251. The molecule has 2 heterocycles. The normalized spacial score (nSPS) is 29.1. The van der Waals surface area contributed by atoms with Crippen molar-refractivity contribution in [2.75, 3.05) is 6.61 Å². The molecule has 1 aliphatic rings. The lowest BCUT2D eigenvalue weighted by Gasteiger charge is -2.39. The Labute approximate surface area is 159 Å². The second kappa shape index (κ2) is 9.09. The van der Waals surface area contributed by atoms with Crippen molar-refractivity contribution >= 4 is 20.8 Å². The lowest BCUT2D eigenvalue weighted by Crippen LogP contribution is -2.59. The van der Waals surface area contributed by atoms with Gasteiger partial charge in [0.15, 0.2) is 6.29 Å². The number of hydrogen-bond acceptors (Lipinski definition) is 12. The largest absolute Gasteiger partial charge is 0.472 e. The average molecular weight is 450 g/mol. The van der Waals surface area contributed by atoms with Gasteiger partial charge in [-0.2, -0.15) is 16.8 Å². The molecule has 0 aliphatic carbocycles. The maximum atomic E-state index is 10.6. The van der Waals surface area contributed by atoms with Crippen LogP contribution in [0.15, 0.2) is 16.9 Å². The fraction of sp³-hybridized carbons (Fsp3) is 0.667. The van der Waals surface area contributed by atoms with Crippen LogP contribution in [0.3, 0.4) is 0 Å². The van der Waals surface area contributed by atoms with Gasteiger partial charge >= 0.3 is 20.8 Å². The van der Waals surface area contributed by atoms with Crippen LogP contribution in [0.5, 0.6) is 0 Å². The zero-order valence-corrected chi connectivity index (χ0v) is 15.5. The molecule has 1 aromatic heterocycles. The highest BCUT2D eigenvalue weighted by Gasteiger charge is 2.44. The number of furan rings is 1. The summed E-state index contributed by atoms with van der Waals surface area (Å²) >= 11 is 0. The van der Waals surface area contributed by atoms with Crippen LogP contribution in [0.2, 0.25) is 0 Å². The molecule has 0 radical (unpaired) electrons. The van der Waals surface area contributed by atoms with Crippen LogP contribution in [-0.2, 0) is 51.9 Å². The van der Waals surface area contributed by atoms with Gasteiger partial charge in [-0.1, -0.05) is 0 Å². The van der Waals surface area contributed by atoms with Crippen molar-refractivity contribution in [2.24, 2.45) is 0 Å². The van der Waals surface area contributed by atoms with Gasteiger partial charge < -0.3 is 29.2 Å². The fourth-order valence-electron chi connectivity index (χ4n) is 2.26. The van der Waals surface area contributed by atoms with Crippen molar-refractivity contribution < 1.29 is 63.5 Å². The van der Waals surface area contributed by atoms with E-state index in [0.29, 0.717) is 0 Å². The van der Waals surface area contributed by atoms with Gasteiger partial charge in [0.25, 0.3) is 0 Å². The Hall–Kier alpha value is -1.18. The zero-order chi connectivity index (χ0) is 21.1. The first kappa shape index (κ1) is 23.1.